The number of aryl methyl sites for hydroxylation is 1. The predicted molar refractivity (Wildman–Crippen MR) is 133 cm³/mol. The fourth-order valence-electron chi connectivity index (χ4n) is 4.77. The minimum absolute atomic E-state index is 0. The molecule has 2 aliphatic heterocycles. The van der Waals surface area contributed by atoms with Crippen LogP contribution in [-0.4, -0.2) is 30.7 Å². The SMILES string of the molecule is COc1cc2c(cc1C[C@@H]1CCCN(N)[C@@H]1c1ccccc1)N(C)C(=S)CC2.Cl.Cl. The highest BCUT2D eigenvalue weighted by Gasteiger charge is 2.32. The van der Waals surface area contributed by atoms with Gasteiger partial charge >= 0.3 is 0 Å². The molecule has 1 fully saturated rings. The Morgan fingerprint density at radius 3 is 2.57 bits per heavy atom. The van der Waals surface area contributed by atoms with Gasteiger partial charge in [-0.2, -0.15) is 0 Å². The molecule has 164 valence electrons. The highest BCUT2D eigenvalue weighted by Crippen LogP contribution is 2.40. The minimum Gasteiger partial charge on any atom is -0.496 e. The molecular weight excluding hydrogens is 437 g/mol. The topological polar surface area (TPSA) is 41.7 Å². The number of hydrogen-bond donors (Lipinski definition) is 1. The Kier molecular flexibility index (Phi) is 8.95. The molecule has 0 unspecified atom stereocenters. The lowest BCUT2D eigenvalue weighted by Gasteiger charge is -2.39. The number of ether oxygens (including phenoxy) is 1. The van der Waals surface area contributed by atoms with Crippen LogP contribution in [0.25, 0.3) is 0 Å². The average molecular weight is 468 g/mol. The van der Waals surface area contributed by atoms with Gasteiger partial charge in [0.05, 0.1) is 18.1 Å². The Morgan fingerprint density at radius 1 is 1.13 bits per heavy atom. The van der Waals surface area contributed by atoms with Crippen LogP contribution in [0.4, 0.5) is 5.69 Å². The van der Waals surface area contributed by atoms with Gasteiger partial charge in [0.15, 0.2) is 0 Å². The third-order valence-electron chi connectivity index (χ3n) is 6.24. The zero-order valence-electron chi connectivity index (χ0n) is 17.5. The third-order valence-corrected chi connectivity index (χ3v) is 6.72. The number of hydrogen-bond acceptors (Lipinski definition) is 4. The van der Waals surface area contributed by atoms with E-state index < -0.39 is 0 Å². The second-order valence-corrected chi connectivity index (χ2v) is 8.42. The molecule has 2 atom stereocenters. The molecule has 0 aliphatic carbocycles. The first-order valence-electron chi connectivity index (χ1n) is 10.1. The van der Waals surface area contributed by atoms with Crippen molar-refractivity contribution in [2.24, 2.45) is 11.8 Å². The van der Waals surface area contributed by atoms with Crippen molar-refractivity contribution < 1.29 is 4.74 Å². The van der Waals surface area contributed by atoms with E-state index in [1.165, 1.54) is 28.8 Å². The van der Waals surface area contributed by atoms with Gasteiger partial charge < -0.3 is 9.64 Å². The van der Waals surface area contributed by atoms with Crippen LogP contribution in [0, 0.1) is 5.92 Å². The molecule has 0 amide bonds. The average Bonchev–Trinajstić information content (AvgIpc) is 2.71. The maximum atomic E-state index is 6.45. The van der Waals surface area contributed by atoms with Gasteiger partial charge in [0.1, 0.15) is 5.75 Å². The summed E-state index contributed by atoms with van der Waals surface area (Å²) < 4.78 is 5.79. The molecule has 4 rings (SSSR count). The van der Waals surface area contributed by atoms with E-state index in [1.54, 1.807) is 7.11 Å². The lowest BCUT2D eigenvalue weighted by molar-refractivity contribution is 0.0923. The van der Waals surface area contributed by atoms with E-state index in [1.807, 2.05) is 5.01 Å². The number of nitrogens with zero attached hydrogens (tertiary/aromatic N) is 2. The number of hydrazine groups is 1. The first-order chi connectivity index (χ1) is 13.6. The van der Waals surface area contributed by atoms with Crippen LogP contribution in [-0.2, 0) is 12.8 Å². The lowest BCUT2D eigenvalue weighted by Crippen LogP contribution is -2.44. The molecular formula is C23H31Cl2N3OS. The Balaban J connectivity index is 0.00000160. The van der Waals surface area contributed by atoms with Gasteiger partial charge in [-0.05, 0) is 60.4 Å². The van der Waals surface area contributed by atoms with Crippen LogP contribution >= 0.6 is 37.0 Å². The summed E-state index contributed by atoms with van der Waals surface area (Å²) in [6.45, 7) is 0.939. The standard InChI is InChI=1S/C23H29N3OS.2ClH/c1-25-20-14-19(21(27-2)15-17(20)10-11-22(25)28)13-18-9-6-12-26(24)23(18)16-7-4-3-5-8-16;;/h3-5,7-8,14-15,18,23H,6,9-13,24H2,1-2H3;2*1H/t18-,23+;;/m0../s1. The van der Waals surface area contributed by atoms with Crippen molar-refractivity contribution in [2.75, 3.05) is 25.6 Å². The molecule has 2 heterocycles. The Bertz CT molecular complexity index is 865. The summed E-state index contributed by atoms with van der Waals surface area (Å²) in [6.07, 6.45) is 5.16. The van der Waals surface area contributed by atoms with Crippen molar-refractivity contribution in [1.82, 2.24) is 5.01 Å². The molecule has 0 bridgehead atoms. The number of benzene rings is 2. The zero-order chi connectivity index (χ0) is 19.7. The van der Waals surface area contributed by atoms with Gasteiger partial charge in [-0.25, -0.2) is 5.01 Å². The van der Waals surface area contributed by atoms with Gasteiger partial charge in [-0.3, -0.25) is 5.84 Å². The highest BCUT2D eigenvalue weighted by molar-refractivity contribution is 7.80. The van der Waals surface area contributed by atoms with Crippen LogP contribution in [0.5, 0.6) is 5.75 Å². The van der Waals surface area contributed by atoms with Crippen LogP contribution in [0.1, 0.15) is 42.0 Å². The van der Waals surface area contributed by atoms with Crippen LogP contribution in [0.3, 0.4) is 0 Å². The molecule has 2 aromatic rings. The summed E-state index contributed by atoms with van der Waals surface area (Å²) in [5.74, 6) is 7.89. The molecule has 2 N–H and O–H groups in total. The summed E-state index contributed by atoms with van der Waals surface area (Å²) in [7, 11) is 3.85. The summed E-state index contributed by atoms with van der Waals surface area (Å²) in [5, 5.41) is 2.02. The Hall–Kier alpha value is -1.37. The van der Waals surface area contributed by atoms with Gasteiger partial charge in [0.2, 0.25) is 0 Å². The molecule has 0 spiro atoms. The fraction of sp³-hybridized carbons (Fsp3) is 0.435. The lowest BCUT2D eigenvalue weighted by atomic mass is 9.81. The van der Waals surface area contributed by atoms with Gasteiger partial charge in [0.25, 0.3) is 0 Å². The smallest absolute Gasteiger partial charge is 0.122 e. The normalized spacial score (nSPS) is 21.3. The van der Waals surface area contributed by atoms with Crippen molar-refractivity contribution in [3.05, 3.63) is 59.2 Å². The van der Waals surface area contributed by atoms with Crippen molar-refractivity contribution in [3.8, 4) is 5.75 Å². The number of piperidine rings is 1. The molecule has 2 aromatic carbocycles. The Morgan fingerprint density at radius 2 is 1.87 bits per heavy atom. The van der Waals surface area contributed by atoms with E-state index in [9.17, 15) is 0 Å². The number of fused-ring (bicyclic) bond motifs is 1. The van der Waals surface area contributed by atoms with E-state index in [4.69, 9.17) is 22.8 Å². The number of halogens is 2. The summed E-state index contributed by atoms with van der Waals surface area (Å²) in [4.78, 5) is 3.17. The number of nitrogens with two attached hydrogens (primary N) is 1. The third kappa shape index (κ3) is 4.92. The Labute approximate surface area is 197 Å². The second kappa shape index (κ2) is 10.8. The van der Waals surface area contributed by atoms with E-state index in [-0.39, 0.29) is 30.9 Å². The zero-order valence-corrected chi connectivity index (χ0v) is 20.0. The number of anilines is 1. The van der Waals surface area contributed by atoms with Crippen LogP contribution in [0.2, 0.25) is 0 Å². The van der Waals surface area contributed by atoms with Crippen molar-refractivity contribution in [2.45, 2.75) is 38.1 Å². The minimum atomic E-state index is 0. The van der Waals surface area contributed by atoms with Gasteiger partial charge in [-0.1, -0.05) is 42.5 Å². The van der Waals surface area contributed by atoms with Crippen molar-refractivity contribution in [1.29, 1.82) is 0 Å². The molecule has 1 saturated heterocycles. The maximum absolute atomic E-state index is 6.45. The molecule has 7 heteroatoms. The first kappa shape index (κ1) is 24.9. The number of thiocarbonyl (C=S) groups is 1. The molecule has 0 saturated carbocycles. The second-order valence-electron chi connectivity index (χ2n) is 7.95. The molecule has 4 nitrogen and oxygen atoms in total. The number of methoxy groups -OCH3 is 1. The van der Waals surface area contributed by atoms with E-state index in [0.29, 0.717) is 5.92 Å². The van der Waals surface area contributed by atoms with Crippen LogP contribution in [0.15, 0.2) is 42.5 Å². The van der Waals surface area contributed by atoms with Crippen molar-refractivity contribution in [3.63, 3.8) is 0 Å². The van der Waals surface area contributed by atoms with E-state index in [0.717, 1.165) is 43.0 Å². The monoisotopic (exact) mass is 467 g/mol. The largest absolute Gasteiger partial charge is 0.496 e. The predicted octanol–water partition coefficient (Wildman–Crippen LogP) is 5.12. The number of rotatable bonds is 4. The first-order valence-corrected chi connectivity index (χ1v) is 10.5. The highest BCUT2D eigenvalue weighted by atomic mass is 35.5. The van der Waals surface area contributed by atoms with Gasteiger partial charge in [-0.15, -0.1) is 24.8 Å². The van der Waals surface area contributed by atoms with Crippen LogP contribution < -0.4 is 15.5 Å². The molecule has 0 aromatic heterocycles. The maximum Gasteiger partial charge on any atom is 0.122 e. The molecule has 0 radical (unpaired) electrons. The van der Waals surface area contributed by atoms with Crippen molar-refractivity contribution >= 4 is 47.7 Å². The van der Waals surface area contributed by atoms with E-state index >= 15 is 0 Å². The summed E-state index contributed by atoms with van der Waals surface area (Å²) in [6, 6.07) is 15.4. The van der Waals surface area contributed by atoms with Gasteiger partial charge in [0, 0.05) is 25.7 Å². The quantitative estimate of drug-likeness (QED) is 0.499. The fourth-order valence-corrected chi connectivity index (χ4v) is 4.97. The van der Waals surface area contributed by atoms with E-state index in [2.05, 4.69) is 54.4 Å². The molecule has 2 aliphatic rings. The molecule has 30 heavy (non-hydrogen) atoms. The summed E-state index contributed by atoms with van der Waals surface area (Å²) >= 11 is 5.54. The summed E-state index contributed by atoms with van der Waals surface area (Å²) in [5.41, 5.74) is 5.09.